The third-order valence-electron chi connectivity index (χ3n) is 3.74. The molecule has 10 heteroatoms. The quantitative estimate of drug-likeness (QED) is 0.223. The molecule has 0 aliphatic carbocycles. The van der Waals surface area contributed by atoms with Crippen molar-refractivity contribution in [3.8, 4) is 17.2 Å². The molecule has 0 saturated carbocycles. The second-order valence-electron chi connectivity index (χ2n) is 6.27. The molecular weight excluding hydrogens is 614 g/mol. The second-order valence-corrected chi connectivity index (χ2v) is 9.94. The lowest BCUT2D eigenvalue weighted by Crippen LogP contribution is -2.19. The number of aromatic hydroxyl groups is 1. The number of esters is 1. The van der Waals surface area contributed by atoms with Crippen LogP contribution in [0.1, 0.15) is 30.9 Å². The minimum atomic E-state index is -4.64. The summed E-state index contributed by atoms with van der Waals surface area (Å²) in [6.07, 6.45) is 0. The van der Waals surface area contributed by atoms with Crippen LogP contribution in [-0.4, -0.2) is 30.7 Å². The first-order chi connectivity index (χ1) is 12.9. The van der Waals surface area contributed by atoms with Crippen molar-refractivity contribution in [2.45, 2.75) is 31.6 Å². The van der Waals surface area contributed by atoms with E-state index in [1.54, 1.807) is 20.8 Å². The summed E-state index contributed by atoms with van der Waals surface area (Å²) >= 11 is 3.96. The molecule has 2 aromatic carbocycles. The number of carbonyl (C=O) groups is 1. The van der Waals surface area contributed by atoms with Gasteiger partial charge in [0.15, 0.2) is 6.61 Å². The van der Waals surface area contributed by atoms with Gasteiger partial charge in [0.2, 0.25) is 0 Å². The Morgan fingerprint density at radius 1 is 1.18 bits per heavy atom. The number of ether oxygens (including phenoxy) is 2. The molecule has 0 unspecified atom stereocenters. The van der Waals surface area contributed by atoms with E-state index in [2.05, 4.69) is 0 Å². The fourth-order valence-electron chi connectivity index (χ4n) is 2.42. The van der Waals surface area contributed by atoms with Gasteiger partial charge in [-0.2, -0.15) is 0 Å². The number of hydrogen-bond acceptors (Lipinski definition) is 7. The molecule has 2 aromatic rings. The molecule has 0 bridgehead atoms. The molecule has 7 nitrogen and oxygen atoms in total. The maximum absolute atomic E-state index is 12.2. The van der Waals surface area contributed by atoms with Crippen LogP contribution in [0.3, 0.4) is 0 Å². The van der Waals surface area contributed by atoms with Gasteiger partial charge in [0, 0.05) is 0 Å². The molecule has 0 aliphatic rings. The predicted molar refractivity (Wildman–Crippen MR) is 118 cm³/mol. The maximum atomic E-state index is 12.2. The van der Waals surface area contributed by atoms with Gasteiger partial charge in [-0.15, -0.1) is 0 Å². The van der Waals surface area contributed by atoms with E-state index >= 15 is 0 Å². The Morgan fingerprint density at radius 2 is 1.75 bits per heavy atom. The summed E-state index contributed by atoms with van der Waals surface area (Å²) in [7, 11) is -4.64. The highest BCUT2D eigenvalue weighted by molar-refractivity contribution is 14.1. The summed E-state index contributed by atoms with van der Waals surface area (Å²) in [6.45, 7) is 4.65. The summed E-state index contributed by atoms with van der Waals surface area (Å²) in [4.78, 5) is 11.9. The fourth-order valence-corrected chi connectivity index (χ4v) is 5.37. The van der Waals surface area contributed by atoms with E-state index in [4.69, 9.17) is 9.47 Å². The molecule has 152 valence electrons. The standard InChI is InChI=1S/C18H18I2O7S/c1-9(2)12-7-15(10(3)4-16(12)28(23,24)25)27-17(22)8-26-18-13(19)5-11(21)6-14(18)20/h4-7,9,21H,8H2,1-3H3,(H,23,24,25)/p-1. The summed E-state index contributed by atoms with van der Waals surface area (Å²) in [5, 5.41) is 9.55. The van der Waals surface area contributed by atoms with Crippen LogP contribution in [0.15, 0.2) is 29.2 Å². The van der Waals surface area contributed by atoms with Crippen molar-refractivity contribution in [3.63, 3.8) is 0 Å². The number of halogens is 2. The van der Waals surface area contributed by atoms with Gasteiger partial charge in [0.1, 0.15) is 27.4 Å². The van der Waals surface area contributed by atoms with E-state index in [1.807, 2.05) is 45.2 Å². The van der Waals surface area contributed by atoms with Crippen LogP contribution >= 0.6 is 45.2 Å². The van der Waals surface area contributed by atoms with Gasteiger partial charge in [-0.25, -0.2) is 13.2 Å². The normalized spacial score (nSPS) is 11.5. The molecule has 0 aromatic heterocycles. The second kappa shape index (κ2) is 9.13. The Hall–Kier alpha value is -1.12. The van der Waals surface area contributed by atoms with Crippen molar-refractivity contribution in [3.05, 3.63) is 42.5 Å². The highest BCUT2D eigenvalue weighted by atomic mass is 127. The lowest BCUT2D eigenvalue weighted by atomic mass is 10.0. The molecule has 0 atom stereocenters. The number of rotatable bonds is 6. The number of carbonyl (C=O) groups excluding carboxylic acids is 1. The van der Waals surface area contributed by atoms with Crippen LogP contribution in [0.2, 0.25) is 0 Å². The Morgan fingerprint density at radius 3 is 2.25 bits per heavy atom. The van der Waals surface area contributed by atoms with E-state index in [0.29, 0.717) is 18.5 Å². The molecule has 28 heavy (non-hydrogen) atoms. The smallest absolute Gasteiger partial charge is 0.349 e. The van der Waals surface area contributed by atoms with Crippen molar-refractivity contribution >= 4 is 61.3 Å². The number of phenols is 1. The van der Waals surface area contributed by atoms with Crippen molar-refractivity contribution in [2.24, 2.45) is 0 Å². The topological polar surface area (TPSA) is 113 Å². The third kappa shape index (κ3) is 5.70. The van der Waals surface area contributed by atoms with Crippen LogP contribution in [0.4, 0.5) is 0 Å². The highest BCUT2D eigenvalue weighted by Crippen LogP contribution is 2.33. The molecule has 0 radical (unpaired) electrons. The lowest BCUT2D eigenvalue weighted by Gasteiger charge is -2.19. The Kier molecular flexibility index (Phi) is 7.56. The average Bonchev–Trinajstić information content (AvgIpc) is 2.54. The zero-order chi connectivity index (χ0) is 21.2. The summed E-state index contributed by atoms with van der Waals surface area (Å²) in [6, 6.07) is 5.62. The Balaban J connectivity index is 2.22. The van der Waals surface area contributed by atoms with Crippen LogP contribution in [-0.2, 0) is 14.9 Å². The first kappa shape index (κ1) is 23.2. The maximum Gasteiger partial charge on any atom is 0.349 e. The van der Waals surface area contributed by atoms with Crippen molar-refractivity contribution < 1.29 is 32.3 Å². The van der Waals surface area contributed by atoms with E-state index in [9.17, 15) is 22.9 Å². The van der Waals surface area contributed by atoms with Gasteiger partial charge in [0.25, 0.3) is 0 Å². The van der Waals surface area contributed by atoms with Crippen molar-refractivity contribution in [1.82, 2.24) is 0 Å². The molecule has 2 rings (SSSR count). The Labute approximate surface area is 190 Å². The van der Waals surface area contributed by atoms with E-state index in [0.717, 1.165) is 0 Å². The number of hydrogen-bond donors (Lipinski definition) is 1. The van der Waals surface area contributed by atoms with Gasteiger partial charge in [-0.1, -0.05) is 13.8 Å². The molecule has 1 N–H and O–H groups in total. The van der Waals surface area contributed by atoms with Gasteiger partial charge in [0.05, 0.1) is 12.0 Å². The molecule has 0 fully saturated rings. The van der Waals surface area contributed by atoms with E-state index in [-0.39, 0.29) is 34.5 Å². The van der Waals surface area contributed by atoms with Crippen molar-refractivity contribution in [2.75, 3.05) is 6.61 Å². The Bertz CT molecular complexity index is 994. The summed E-state index contributed by atoms with van der Waals surface area (Å²) < 4.78 is 46.6. The number of benzene rings is 2. The lowest BCUT2D eigenvalue weighted by molar-refractivity contribution is -0.136. The molecule has 0 saturated heterocycles. The average molecular weight is 631 g/mol. The largest absolute Gasteiger partial charge is 0.744 e. The highest BCUT2D eigenvalue weighted by Gasteiger charge is 2.18. The van der Waals surface area contributed by atoms with Gasteiger partial charge >= 0.3 is 5.97 Å². The predicted octanol–water partition coefficient (Wildman–Crippen LogP) is 3.92. The summed E-state index contributed by atoms with van der Waals surface area (Å²) in [5.74, 6) is -0.236. The zero-order valence-electron chi connectivity index (χ0n) is 15.2. The van der Waals surface area contributed by atoms with Gasteiger partial charge in [-0.05, 0) is 93.4 Å². The minimum Gasteiger partial charge on any atom is -0.744 e. The van der Waals surface area contributed by atoms with Gasteiger partial charge < -0.3 is 19.1 Å². The van der Waals surface area contributed by atoms with E-state index < -0.39 is 16.1 Å². The number of phenolic OH excluding ortho intramolecular Hbond substituents is 1. The van der Waals surface area contributed by atoms with Crippen LogP contribution in [0.5, 0.6) is 17.2 Å². The minimum absolute atomic E-state index is 0.0916. The molecule has 0 aliphatic heterocycles. The fraction of sp³-hybridized carbons (Fsp3) is 0.278. The molecular formula is C18H17I2O7S-. The SMILES string of the molecule is Cc1cc(S(=O)(=O)[O-])c(C(C)C)cc1OC(=O)COc1c(I)cc(O)cc1I. The first-order valence-corrected chi connectivity index (χ1v) is 11.6. The van der Waals surface area contributed by atoms with Crippen LogP contribution in [0.25, 0.3) is 0 Å². The van der Waals surface area contributed by atoms with Crippen LogP contribution in [0, 0.1) is 14.1 Å². The van der Waals surface area contributed by atoms with Gasteiger partial charge in [-0.3, -0.25) is 0 Å². The molecule has 0 amide bonds. The van der Waals surface area contributed by atoms with E-state index in [1.165, 1.54) is 24.3 Å². The first-order valence-electron chi connectivity index (χ1n) is 8.02. The number of aryl methyl sites for hydroxylation is 1. The van der Waals surface area contributed by atoms with Crippen LogP contribution < -0.4 is 9.47 Å². The molecule has 0 spiro atoms. The third-order valence-corrected chi connectivity index (χ3v) is 6.23. The molecule has 0 heterocycles. The van der Waals surface area contributed by atoms with Crippen molar-refractivity contribution in [1.29, 1.82) is 0 Å². The summed E-state index contributed by atoms with van der Waals surface area (Å²) in [5.41, 5.74) is 0.632. The monoisotopic (exact) mass is 631 g/mol. The zero-order valence-corrected chi connectivity index (χ0v) is 20.3.